The summed E-state index contributed by atoms with van der Waals surface area (Å²) in [6.45, 7) is 7.18. The Morgan fingerprint density at radius 2 is 1.80 bits per heavy atom. The average Bonchev–Trinajstić information content (AvgIpc) is 2.59. The van der Waals surface area contributed by atoms with Gasteiger partial charge in [0.05, 0.1) is 0 Å². The standard InChI is InChI=1S/C18H24NO7.3CH3.Sn/c1-6-24-16(21)13(19-11-20)9-12-7-8-14(15(10-12)23-5)25-17(22)26-18(2,3)4;;;;/h8,10-11,13H,6,9H2,1-5H3,(H,19,20);3*1H3;/t13-;;;;/m0..../s1. The van der Waals surface area contributed by atoms with E-state index >= 15 is 0 Å². The molecule has 9 heteroatoms. The molecular weight excluding hydrogens is 497 g/mol. The van der Waals surface area contributed by atoms with E-state index in [9.17, 15) is 14.4 Å². The molecule has 1 atom stereocenters. The summed E-state index contributed by atoms with van der Waals surface area (Å²) in [6, 6.07) is 2.71. The fraction of sp³-hybridized carbons (Fsp3) is 0.571. The van der Waals surface area contributed by atoms with E-state index in [0.29, 0.717) is 12.2 Å². The Labute approximate surface area is 182 Å². The Balaban J connectivity index is 3.37. The summed E-state index contributed by atoms with van der Waals surface area (Å²) in [5.74, 6) is 0.0877. The number of carbonyl (C=O) groups excluding carboxylic acids is 3. The number of rotatable bonds is 9. The van der Waals surface area contributed by atoms with Crippen LogP contribution in [-0.4, -0.2) is 62.3 Å². The molecule has 30 heavy (non-hydrogen) atoms. The van der Waals surface area contributed by atoms with Gasteiger partial charge in [0.2, 0.25) is 0 Å². The van der Waals surface area contributed by atoms with Gasteiger partial charge in [0.15, 0.2) is 0 Å². The number of carbonyl (C=O) groups is 3. The van der Waals surface area contributed by atoms with Gasteiger partial charge < -0.3 is 0 Å². The number of hydrogen-bond acceptors (Lipinski definition) is 7. The third-order valence-corrected chi connectivity index (χ3v) is 9.99. The second-order valence-corrected chi connectivity index (χ2v) is 23.2. The zero-order chi connectivity index (χ0) is 23.1. The van der Waals surface area contributed by atoms with Gasteiger partial charge in [0, 0.05) is 0 Å². The van der Waals surface area contributed by atoms with Gasteiger partial charge in [-0.15, -0.1) is 0 Å². The minimum atomic E-state index is -2.76. The molecule has 1 amide bonds. The van der Waals surface area contributed by atoms with Crippen molar-refractivity contribution in [3.63, 3.8) is 0 Å². The van der Waals surface area contributed by atoms with Crippen molar-refractivity contribution in [1.82, 2.24) is 5.32 Å². The molecule has 0 unspecified atom stereocenters. The number of nitrogens with one attached hydrogen (secondary N) is 1. The predicted molar refractivity (Wildman–Crippen MR) is 116 cm³/mol. The summed E-state index contributed by atoms with van der Waals surface area (Å²) in [4.78, 5) is 42.0. The van der Waals surface area contributed by atoms with Crippen LogP contribution in [0.4, 0.5) is 4.79 Å². The Hall–Kier alpha value is -1.97. The molecule has 8 nitrogen and oxygen atoms in total. The van der Waals surface area contributed by atoms with E-state index in [1.54, 1.807) is 39.8 Å². The summed E-state index contributed by atoms with van der Waals surface area (Å²) in [6.07, 6.45) is -0.0983. The molecule has 0 aliphatic carbocycles. The molecule has 0 spiro atoms. The Bertz CT molecular complexity index is 766. The summed E-state index contributed by atoms with van der Waals surface area (Å²) in [7, 11) is 1.47. The van der Waals surface area contributed by atoms with E-state index in [4.69, 9.17) is 18.9 Å². The Morgan fingerprint density at radius 3 is 2.27 bits per heavy atom. The van der Waals surface area contributed by atoms with Crippen molar-refractivity contribution in [3.8, 4) is 11.5 Å². The first-order valence-electron chi connectivity index (χ1n) is 9.81. The van der Waals surface area contributed by atoms with E-state index in [-0.39, 0.29) is 18.8 Å². The molecule has 0 heterocycles. The number of ether oxygens (including phenoxy) is 4. The van der Waals surface area contributed by atoms with Crippen molar-refractivity contribution < 1.29 is 33.3 Å². The third kappa shape index (κ3) is 8.04. The molecule has 0 radical (unpaired) electrons. The molecule has 1 aromatic rings. The SMILES string of the molecule is CCOC(=O)[C@H](Cc1cc(OC)c(OC(=O)OC(C)(C)C)c[c]1[Sn]([CH3])([CH3])[CH3])NC=O. The van der Waals surface area contributed by atoms with Crippen LogP contribution in [0.25, 0.3) is 0 Å². The average molecular weight is 530 g/mol. The molecule has 1 aromatic carbocycles. The van der Waals surface area contributed by atoms with Gasteiger partial charge in [-0.3, -0.25) is 0 Å². The number of esters is 1. The van der Waals surface area contributed by atoms with Crippen LogP contribution in [0.2, 0.25) is 14.8 Å². The van der Waals surface area contributed by atoms with Crippen LogP contribution in [0.1, 0.15) is 33.3 Å². The summed E-state index contributed by atoms with van der Waals surface area (Å²) < 4.78 is 22.2. The number of amides is 1. The van der Waals surface area contributed by atoms with Crippen LogP contribution in [0.5, 0.6) is 11.5 Å². The second kappa shape index (κ2) is 10.9. The number of methoxy groups -OCH3 is 1. The van der Waals surface area contributed by atoms with E-state index < -0.39 is 42.1 Å². The van der Waals surface area contributed by atoms with Gasteiger partial charge in [-0.1, -0.05) is 0 Å². The van der Waals surface area contributed by atoms with Crippen LogP contribution < -0.4 is 18.4 Å². The molecule has 0 fully saturated rings. The van der Waals surface area contributed by atoms with Crippen molar-refractivity contribution in [3.05, 3.63) is 17.7 Å². The zero-order valence-electron chi connectivity index (χ0n) is 19.1. The fourth-order valence-electron chi connectivity index (χ4n) is 2.82. The molecule has 1 rings (SSSR count). The molecule has 0 aliphatic heterocycles. The van der Waals surface area contributed by atoms with E-state index in [1.165, 1.54) is 7.11 Å². The monoisotopic (exact) mass is 531 g/mol. The topological polar surface area (TPSA) is 100 Å². The summed E-state index contributed by atoms with van der Waals surface area (Å²) in [5, 5.41) is 2.53. The van der Waals surface area contributed by atoms with Gasteiger partial charge in [-0.25, -0.2) is 0 Å². The fourth-order valence-corrected chi connectivity index (χ4v) is 7.68. The van der Waals surface area contributed by atoms with Gasteiger partial charge in [0.25, 0.3) is 0 Å². The zero-order valence-corrected chi connectivity index (χ0v) is 21.9. The van der Waals surface area contributed by atoms with Crippen molar-refractivity contribution in [2.24, 2.45) is 0 Å². The molecule has 0 saturated carbocycles. The maximum absolute atomic E-state index is 12.3. The molecule has 0 saturated heterocycles. The summed E-state index contributed by atoms with van der Waals surface area (Å²) in [5.41, 5.74) is 0.156. The Kier molecular flexibility index (Phi) is 9.45. The first-order valence-corrected chi connectivity index (χ1v) is 19.8. The van der Waals surface area contributed by atoms with Gasteiger partial charge in [-0.05, 0) is 0 Å². The van der Waals surface area contributed by atoms with Gasteiger partial charge in [-0.2, -0.15) is 0 Å². The number of hydrogen-bond donors (Lipinski definition) is 1. The van der Waals surface area contributed by atoms with E-state index in [0.717, 1.165) is 9.14 Å². The molecule has 0 aromatic heterocycles. The van der Waals surface area contributed by atoms with Crippen LogP contribution in [0.3, 0.4) is 0 Å². The maximum atomic E-state index is 12.3. The number of benzene rings is 1. The van der Waals surface area contributed by atoms with Crippen molar-refractivity contribution in [2.45, 2.75) is 60.6 Å². The minimum absolute atomic E-state index is 0.215. The molecule has 0 aliphatic rings. The first kappa shape index (κ1) is 26.1. The first-order chi connectivity index (χ1) is 13.8. The quantitative estimate of drug-likeness (QED) is 0.227. The summed E-state index contributed by atoms with van der Waals surface area (Å²) >= 11 is -2.76. The molecular formula is C21H33NO7Sn. The normalized spacial score (nSPS) is 12.5. The van der Waals surface area contributed by atoms with Crippen molar-refractivity contribution in [2.75, 3.05) is 13.7 Å². The molecule has 168 valence electrons. The Morgan fingerprint density at radius 1 is 1.17 bits per heavy atom. The van der Waals surface area contributed by atoms with E-state index in [2.05, 4.69) is 20.1 Å². The van der Waals surface area contributed by atoms with Crippen LogP contribution in [-0.2, 0) is 25.5 Å². The molecule has 0 bridgehead atoms. The van der Waals surface area contributed by atoms with Crippen molar-refractivity contribution in [1.29, 1.82) is 0 Å². The van der Waals surface area contributed by atoms with E-state index in [1.807, 2.05) is 0 Å². The molecule has 1 N–H and O–H groups in total. The van der Waals surface area contributed by atoms with Crippen molar-refractivity contribution >= 4 is 40.5 Å². The van der Waals surface area contributed by atoms with Crippen LogP contribution in [0, 0.1) is 0 Å². The third-order valence-electron chi connectivity index (χ3n) is 4.04. The van der Waals surface area contributed by atoms with Gasteiger partial charge >= 0.3 is 183 Å². The van der Waals surface area contributed by atoms with Crippen LogP contribution >= 0.6 is 0 Å². The predicted octanol–water partition coefficient (Wildman–Crippen LogP) is 2.77. The van der Waals surface area contributed by atoms with Gasteiger partial charge in [0.1, 0.15) is 0 Å². The van der Waals surface area contributed by atoms with Crippen LogP contribution in [0.15, 0.2) is 12.1 Å². The second-order valence-electron chi connectivity index (χ2n) is 8.77.